The highest BCUT2D eigenvalue weighted by molar-refractivity contribution is 5.95. The van der Waals surface area contributed by atoms with Crippen LogP contribution < -0.4 is 14.8 Å². The Labute approximate surface area is 155 Å². The molecule has 3 aromatic rings. The van der Waals surface area contributed by atoms with Crippen molar-refractivity contribution in [2.45, 2.75) is 6.92 Å². The maximum atomic E-state index is 12.3. The zero-order valence-electron chi connectivity index (χ0n) is 14.7. The largest absolute Gasteiger partial charge is 0.493 e. The van der Waals surface area contributed by atoms with E-state index in [0.29, 0.717) is 28.6 Å². The number of hydrogen-bond donors (Lipinski definition) is 1. The van der Waals surface area contributed by atoms with Crippen molar-refractivity contribution < 1.29 is 19.1 Å². The normalized spacial score (nSPS) is 10.3. The van der Waals surface area contributed by atoms with E-state index in [4.69, 9.17) is 9.47 Å². The van der Waals surface area contributed by atoms with Crippen molar-refractivity contribution in [3.8, 4) is 17.3 Å². The van der Waals surface area contributed by atoms with Gasteiger partial charge in [0.05, 0.1) is 12.8 Å². The summed E-state index contributed by atoms with van der Waals surface area (Å²) in [6.45, 7) is 1.21. The van der Waals surface area contributed by atoms with Crippen molar-refractivity contribution in [1.29, 1.82) is 0 Å². The highest BCUT2D eigenvalue weighted by atomic mass is 16.5. The molecule has 2 heterocycles. The molecule has 2 aromatic heterocycles. The van der Waals surface area contributed by atoms with E-state index in [1.54, 1.807) is 36.5 Å². The van der Waals surface area contributed by atoms with E-state index in [0.717, 1.165) is 0 Å². The molecule has 1 amide bonds. The SMILES string of the molecule is COc1cc(C(C)=O)ccc1OCC(=O)Nc1cccnc1-n1cncn1. The zero-order chi connectivity index (χ0) is 19.2. The van der Waals surface area contributed by atoms with Crippen LogP contribution in [-0.4, -0.2) is 45.2 Å². The first-order valence-corrected chi connectivity index (χ1v) is 8.00. The van der Waals surface area contributed by atoms with Gasteiger partial charge in [-0.25, -0.2) is 14.6 Å². The summed E-state index contributed by atoms with van der Waals surface area (Å²) in [5.74, 6) is 0.698. The van der Waals surface area contributed by atoms with Gasteiger partial charge in [-0.15, -0.1) is 0 Å². The van der Waals surface area contributed by atoms with Gasteiger partial charge in [-0.3, -0.25) is 9.59 Å². The van der Waals surface area contributed by atoms with Crippen molar-refractivity contribution in [2.75, 3.05) is 19.0 Å². The summed E-state index contributed by atoms with van der Waals surface area (Å²) in [7, 11) is 1.46. The van der Waals surface area contributed by atoms with Crippen molar-refractivity contribution in [3.05, 3.63) is 54.7 Å². The number of Topliss-reactive ketones (excluding diaryl/α,β-unsaturated/α-hetero) is 1. The summed E-state index contributed by atoms with van der Waals surface area (Å²) >= 11 is 0. The summed E-state index contributed by atoms with van der Waals surface area (Å²) < 4.78 is 12.2. The van der Waals surface area contributed by atoms with Crippen LogP contribution >= 0.6 is 0 Å². The number of carbonyl (C=O) groups excluding carboxylic acids is 2. The first-order valence-electron chi connectivity index (χ1n) is 8.00. The Morgan fingerprint density at radius 1 is 1.22 bits per heavy atom. The Balaban J connectivity index is 1.69. The van der Waals surface area contributed by atoms with Crippen LogP contribution in [0.5, 0.6) is 11.5 Å². The Kier molecular flexibility index (Phi) is 5.41. The van der Waals surface area contributed by atoms with Gasteiger partial charge in [0.15, 0.2) is 29.7 Å². The lowest BCUT2D eigenvalue weighted by molar-refractivity contribution is -0.118. The summed E-state index contributed by atoms with van der Waals surface area (Å²) in [5.41, 5.74) is 0.965. The molecule has 138 valence electrons. The molecular weight excluding hydrogens is 350 g/mol. The fraction of sp³-hybridized carbons (Fsp3) is 0.167. The van der Waals surface area contributed by atoms with Crippen LogP contribution in [0.2, 0.25) is 0 Å². The highest BCUT2D eigenvalue weighted by Gasteiger charge is 2.13. The number of ether oxygens (including phenoxy) is 2. The molecule has 3 rings (SSSR count). The molecule has 0 bridgehead atoms. The van der Waals surface area contributed by atoms with Gasteiger partial charge in [0.2, 0.25) is 0 Å². The number of anilines is 1. The third-order valence-corrected chi connectivity index (χ3v) is 3.63. The number of pyridine rings is 1. The van der Waals surface area contributed by atoms with Gasteiger partial charge in [0.1, 0.15) is 12.7 Å². The zero-order valence-corrected chi connectivity index (χ0v) is 14.7. The van der Waals surface area contributed by atoms with Gasteiger partial charge in [-0.2, -0.15) is 5.10 Å². The number of hydrogen-bond acceptors (Lipinski definition) is 7. The van der Waals surface area contributed by atoms with E-state index < -0.39 is 0 Å². The van der Waals surface area contributed by atoms with Gasteiger partial charge in [0, 0.05) is 11.8 Å². The van der Waals surface area contributed by atoms with Crippen LogP contribution in [0.25, 0.3) is 5.82 Å². The van der Waals surface area contributed by atoms with Crippen molar-refractivity contribution in [1.82, 2.24) is 19.7 Å². The Morgan fingerprint density at radius 3 is 2.78 bits per heavy atom. The minimum absolute atomic E-state index is 0.0881. The maximum absolute atomic E-state index is 12.3. The minimum Gasteiger partial charge on any atom is -0.493 e. The van der Waals surface area contributed by atoms with Crippen molar-refractivity contribution in [2.24, 2.45) is 0 Å². The Bertz CT molecular complexity index is 956. The fourth-order valence-electron chi connectivity index (χ4n) is 2.33. The Hall–Kier alpha value is -3.75. The van der Waals surface area contributed by atoms with Crippen molar-refractivity contribution >= 4 is 17.4 Å². The van der Waals surface area contributed by atoms with Crippen LogP contribution in [0.1, 0.15) is 17.3 Å². The average Bonchev–Trinajstić information content (AvgIpc) is 3.21. The molecule has 0 fully saturated rings. The number of benzene rings is 1. The van der Waals surface area contributed by atoms with E-state index in [1.165, 1.54) is 31.4 Å². The van der Waals surface area contributed by atoms with Gasteiger partial charge in [-0.1, -0.05) is 0 Å². The summed E-state index contributed by atoms with van der Waals surface area (Å²) in [6, 6.07) is 8.17. The van der Waals surface area contributed by atoms with Gasteiger partial charge in [0.25, 0.3) is 5.91 Å². The molecule has 9 heteroatoms. The number of carbonyl (C=O) groups is 2. The van der Waals surface area contributed by atoms with Crippen LogP contribution in [0.15, 0.2) is 49.2 Å². The smallest absolute Gasteiger partial charge is 0.262 e. The fourth-order valence-corrected chi connectivity index (χ4v) is 2.33. The standard InChI is InChI=1S/C18H17N5O4/c1-12(24)13-5-6-15(16(8-13)26-2)27-9-17(25)22-14-4-3-7-20-18(14)23-11-19-10-21-23/h3-8,10-11H,9H2,1-2H3,(H,22,25). The lowest BCUT2D eigenvalue weighted by atomic mass is 10.1. The van der Waals surface area contributed by atoms with E-state index in [1.807, 2.05) is 0 Å². The van der Waals surface area contributed by atoms with E-state index in [-0.39, 0.29) is 18.3 Å². The molecule has 0 atom stereocenters. The number of aromatic nitrogens is 4. The first-order chi connectivity index (χ1) is 13.1. The van der Waals surface area contributed by atoms with E-state index in [2.05, 4.69) is 20.4 Å². The number of methoxy groups -OCH3 is 1. The van der Waals surface area contributed by atoms with Gasteiger partial charge >= 0.3 is 0 Å². The second-order valence-corrected chi connectivity index (χ2v) is 5.47. The lowest BCUT2D eigenvalue weighted by Crippen LogP contribution is -2.21. The van der Waals surface area contributed by atoms with Gasteiger partial charge in [-0.05, 0) is 37.3 Å². The average molecular weight is 367 g/mol. The van der Waals surface area contributed by atoms with Crippen LogP contribution in [0.4, 0.5) is 5.69 Å². The quantitative estimate of drug-likeness (QED) is 0.635. The van der Waals surface area contributed by atoms with Crippen LogP contribution in [0, 0.1) is 0 Å². The van der Waals surface area contributed by atoms with E-state index in [9.17, 15) is 9.59 Å². The molecule has 0 saturated carbocycles. The summed E-state index contributed by atoms with van der Waals surface area (Å²) in [5, 5.41) is 6.74. The summed E-state index contributed by atoms with van der Waals surface area (Å²) in [6.07, 6.45) is 4.45. The molecule has 0 radical (unpaired) electrons. The van der Waals surface area contributed by atoms with Crippen LogP contribution in [0.3, 0.4) is 0 Å². The van der Waals surface area contributed by atoms with Crippen LogP contribution in [-0.2, 0) is 4.79 Å². The molecule has 9 nitrogen and oxygen atoms in total. The monoisotopic (exact) mass is 367 g/mol. The molecular formula is C18H17N5O4. The third-order valence-electron chi connectivity index (χ3n) is 3.63. The topological polar surface area (TPSA) is 108 Å². The van der Waals surface area contributed by atoms with Gasteiger partial charge < -0.3 is 14.8 Å². The maximum Gasteiger partial charge on any atom is 0.262 e. The number of ketones is 1. The molecule has 1 N–H and O–H groups in total. The van der Waals surface area contributed by atoms with E-state index >= 15 is 0 Å². The molecule has 0 unspecified atom stereocenters. The molecule has 0 aliphatic carbocycles. The molecule has 0 saturated heterocycles. The second kappa shape index (κ2) is 8.09. The molecule has 0 spiro atoms. The number of nitrogens with one attached hydrogen (secondary N) is 1. The molecule has 27 heavy (non-hydrogen) atoms. The first kappa shape index (κ1) is 18.1. The minimum atomic E-state index is -0.387. The molecule has 1 aromatic carbocycles. The summed E-state index contributed by atoms with van der Waals surface area (Å²) in [4.78, 5) is 31.8. The highest BCUT2D eigenvalue weighted by Crippen LogP contribution is 2.28. The number of nitrogens with zero attached hydrogens (tertiary/aromatic N) is 4. The predicted octanol–water partition coefficient (Wildman–Crippen LogP) is 1.89. The molecule has 0 aliphatic rings. The second-order valence-electron chi connectivity index (χ2n) is 5.47. The number of amides is 1. The molecule has 0 aliphatic heterocycles. The van der Waals surface area contributed by atoms with Crippen molar-refractivity contribution in [3.63, 3.8) is 0 Å². The lowest BCUT2D eigenvalue weighted by Gasteiger charge is -2.12. The third kappa shape index (κ3) is 4.27. The Morgan fingerprint density at radius 2 is 2.07 bits per heavy atom. The predicted molar refractivity (Wildman–Crippen MR) is 96.3 cm³/mol. The number of rotatable bonds is 7.